The highest BCUT2D eigenvalue weighted by Crippen LogP contribution is 2.38. The smallest absolute Gasteiger partial charge is 0.154 e. The zero-order valence-electron chi connectivity index (χ0n) is 14.9. The Morgan fingerprint density at radius 2 is 2.22 bits per heavy atom. The molecule has 7 heteroatoms. The van der Waals surface area contributed by atoms with Crippen LogP contribution in [0.2, 0.25) is 0 Å². The topological polar surface area (TPSA) is 127 Å². The number of aliphatic imine (C=N–C) groups is 1. The van der Waals surface area contributed by atoms with E-state index in [0.29, 0.717) is 17.5 Å². The quantitative estimate of drug-likeness (QED) is 0.546. The molecule has 0 aromatic carbocycles. The van der Waals surface area contributed by atoms with E-state index in [0.717, 1.165) is 40.4 Å². The van der Waals surface area contributed by atoms with Gasteiger partial charge in [0.05, 0.1) is 17.7 Å². The molecule has 3 heterocycles. The molecule has 4 N–H and O–H groups in total. The minimum Gasteiger partial charge on any atom is -0.387 e. The lowest BCUT2D eigenvalue weighted by molar-refractivity contribution is 1.03. The van der Waals surface area contributed by atoms with E-state index in [2.05, 4.69) is 32.9 Å². The lowest BCUT2D eigenvalue weighted by Gasteiger charge is -2.10. The normalized spacial score (nSPS) is 19.0. The van der Waals surface area contributed by atoms with Crippen molar-refractivity contribution in [3.8, 4) is 17.3 Å². The highest BCUT2D eigenvalue weighted by Gasteiger charge is 2.40. The number of hydrogen-bond acceptors (Lipinski definition) is 6. The summed E-state index contributed by atoms with van der Waals surface area (Å²) in [7, 11) is 0. The fourth-order valence-corrected chi connectivity index (χ4v) is 3.20. The Morgan fingerprint density at radius 3 is 2.96 bits per heavy atom. The van der Waals surface area contributed by atoms with E-state index in [1.54, 1.807) is 18.6 Å². The molecule has 134 valence electrons. The number of hydrogen-bond donors (Lipinski definition) is 2. The van der Waals surface area contributed by atoms with Gasteiger partial charge < -0.3 is 11.5 Å². The lowest BCUT2D eigenvalue weighted by atomic mass is 10.0. The monoisotopic (exact) mass is 357 g/mol. The predicted molar refractivity (Wildman–Crippen MR) is 105 cm³/mol. The van der Waals surface area contributed by atoms with Crippen molar-refractivity contribution in [2.75, 3.05) is 5.73 Å². The van der Waals surface area contributed by atoms with E-state index in [9.17, 15) is 0 Å². The Labute approximate surface area is 156 Å². The van der Waals surface area contributed by atoms with Gasteiger partial charge in [0.1, 0.15) is 11.7 Å². The minimum absolute atomic E-state index is 0.0290. The molecule has 0 amide bonds. The third kappa shape index (κ3) is 3.17. The molecule has 0 saturated heterocycles. The Bertz CT molecular complexity index is 1100. The number of fused-ring (bicyclic) bond motifs is 1. The second kappa shape index (κ2) is 6.65. The van der Waals surface area contributed by atoms with Gasteiger partial charge in [-0.2, -0.15) is 5.26 Å². The standard InChI is InChI=1S/C20H19N7/c1-2-11-3-4-24-9-15(11)17-6-12-7-18(25-10-16(12)20(23)26-17)27-19(22)14-5-13(14)8-21/h3-4,6-7,9-10,13-14H,2,5H2,1H3,(H2,23,26)(H2,22,25,27). The molecule has 27 heavy (non-hydrogen) atoms. The van der Waals surface area contributed by atoms with Gasteiger partial charge in [-0.15, -0.1) is 0 Å². The average molecular weight is 357 g/mol. The molecular formula is C20H19N7. The van der Waals surface area contributed by atoms with Gasteiger partial charge in [0, 0.05) is 35.5 Å². The number of nitriles is 1. The number of amidine groups is 1. The van der Waals surface area contributed by atoms with Crippen LogP contribution >= 0.6 is 0 Å². The van der Waals surface area contributed by atoms with Crippen molar-refractivity contribution in [1.29, 1.82) is 5.26 Å². The van der Waals surface area contributed by atoms with Crippen molar-refractivity contribution in [1.82, 2.24) is 15.0 Å². The van der Waals surface area contributed by atoms with Crippen LogP contribution in [0.1, 0.15) is 18.9 Å². The van der Waals surface area contributed by atoms with Crippen LogP contribution in [-0.2, 0) is 6.42 Å². The first-order chi connectivity index (χ1) is 13.1. The van der Waals surface area contributed by atoms with Crippen molar-refractivity contribution >= 4 is 28.2 Å². The molecule has 2 atom stereocenters. The van der Waals surface area contributed by atoms with E-state index in [4.69, 9.17) is 16.7 Å². The zero-order chi connectivity index (χ0) is 19.0. The summed E-state index contributed by atoms with van der Waals surface area (Å²) in [4.78, 5) is 17.5. The van der Waals surface area contributed by atoms with Gasteiger partial charge in [-0.25, -0.2) is 15.0 Å². The maximum Gasteiger partial charge on any atom is 0.154 e. The summed E-state index contributed by atoms with van der Waals surface area (Å²) < 4.78 is 0. The van der Waals surface area contributed by atoms with Crippen LogP contribution in [0.25, 0.3) is 22.0 Å². The number of pyridine rings is 3. The number of nitrogens with two attached hydrogens (primary N) is 2. The van der Waals surface area contributed by atoms with Crippen LogP contribution in [0.4, 0.5) is 11.6 Å². The van der Waals surface area contributed by atoms with Crippen LogP contribution in [0.5, 0.6) is 0 Å². The van der Waals surface area contributed by atoms with Crippen LogP contribution in [0.15, 0.2) is 41.8 Å². The van der Waals surface area contributed by atoms with E-state index < -0.39 is 0 Å². The van der Waals surface area contributed by atoms with Crippen LogP contribution < -0.4 is 11.5 Å². The molecule has 7 nitrogen and oxygen atoms in total. The zero-order valence-corrected chi connectivity index (χ0v) is 14.9. The third-order valence-corrected chi connectivity index (χ3v) is 4.88. The maximum absolute atomic E-state index is 8.94. The molecule has 2 unspecified atom stereocenters. The van der Waals surface area contributed by atoms with Crippen molar-refractivity contribution in [3.05, 3.63) is 42.4 Å². The van der Waals surface area contributed by atoms with Crippen molar-refractivity contribution < 1.29 is 0 Å². The Kier molecular flexibility index (Phi) is 4.16. The van der Waals surface area contributed by atoms with Crippen molar-refractivity contribution in [3.63, 3.8) is 0 Å². The molecule has 0 spiro atoms. The molecule has 3 aromatic rings. The van der Waals surface area contributed by atoms with E-state index in [-0.39, 0.29) is 11.8 Å². The highest BCUT2D eigenvalue weighted by atomic mass is 15.0. The number of nitrogens with zero attached hydrogens (tertiary/aromatic N) is 5. The molecule has 0 bridgehead atoms. The first-order valence-corrected chi connectivity index (χ1v) is 8.84. The SMILES string of the molecule is CCc1ccncc1-c1cc2cc(N=C(N)C3CC3C#N)ncc2c(N)n1. The third-order valence-electron chi connectivity index (χ3n) is 4.88. The second-order valence-corrected chi connectivity index (χ2v) is 6.66. The van der Waals surface area contributed by atoms with Gasteiger partial charge in [0.15, 0.2) is 5.82 Å². The summed E-state index contributed by atoms with van der Waals surface area (Å²) in [6.07, 6.45) is 6.88. The van der Waals surface area contributed by atoms with Gasteiger partial charge in [-0.05, 0) is 42.0 Å². The molecule has 4 rings (SSSR count). The molecule has 1 saturated carbocycles. The van der Waals surface area contributed by atoms with E-state index in [1.165, 1.54) is 0 Å². The number of aromatic nitrogens is 3. The fourth-order valence-electron chi connectivity index (χ4n) is 3.20. The second-order valence-electron chi connectivity index (χ2n) is 6.66. The largest absolute Gasteiger partial charge is 0.387 e. The summed E-state index contributed by atoms with van der Waals surface area (Å²) in [5.41, 5.74) is 15.1. The van der Waals surface area contributed by atoms with E-state index in [1.807, 2.05) is 18.2 Å². The highest BCUT2D eigenvalue weighted by molar-refractivity contribution is 5.95. The molecule has 1 aliphatic carbocycles. The van der Waals surface area contributed by atoms with Gasteiger partial charge in [0.2, 0.25) is 0 Å². The van der Waals surface area contributed by atoms with Gasteiger partial charge >= 0.3 is 0 Å². The summed E-state index contributed by atoms with van der Waals surface area (Å²) in [5, 5.41) is 10.6. The summed E-state index contributed by atoms with van der Waals surface area (Å²) >= 11 is 0. The van der Waals surface area contributed by atoms with Crippen LogP contribution in [-0.4, -0.2) is 20.8 Å². The molecule has 0 radical (unpaired) electrons. The number of anilines is 1. The fraction of sp³-hybridized carbons (Fsp3) is 0.250. The van der Waals surface area contributed by atoms with Gasteiger partial charge in [0.25, 0.3) is 0 Å². The van der Waals surface area contributed by atoms with Crippen molar-refractivity contribution in [2.24, 2.45) is 22.6 Å². The minimum atomic E-state index is -0.0290. The molecule has 1 aliphatic rings. The first kappa shape index (κ1) is 16.9. The molecule has 1 fully saturated rings. The maximum atomic E-state index is 8.94. The predicted octanol–water partition coefficient (Wildman–Crippen LogP) is 2.98. The molecule has 3 aromatic heterocycles. The average Bonchev–Trinajstić information content (AvgIpc) is 3.47. The van der Waals surface area contributed by atoms with Crippen LogP contribution in [0.3, 0.4) is 0 Å². The van der Waals surface area contributed by atoms with Crippen LogP contribution in [0, 0.1) is 23.2 Å². The summed E-state index contributed by atoms with van der Waals surface area (Å²) in [6.45, 7) is 2.09. The molecule has 0 aliphatic heterocycles. The number of rotatable bonds is 4. The van der Waals surface area contributed by atoms with Gasteiger partial charge in [-0.1, -0.05) is 6.92 Å². The number of nitrogen functional groups attached to an aromatic ring is 1. The number of aryl methyl sites for hydroxylation is 1. The van der Waals surface area contributed by atoms with Crippen molar-refractivity contribution in [2.45, 2.75) is 19.8 Å². The lowest BCUT2D eigenvalue weighted by Crippen LogP contribution is -2.14. The first-order valence-electron chi connectivity index (χ1n) is 8.84. The Hall–Kier alpha value is -3.53. The summed E-state index contributed by atoms with van der Waals surface area (Å²) in [6, 6.07) is 8.01. The molecular weight excluding hydrogens is 338 g/mol. The van der Waals surface area contributed by atoms with Gasteiger partial charge in [-0.3, -0.25) is 4.98 Å². The summed E-state index contributed by atoms with van der Waals surface area (Å²) in [5.74, 6) is 1.38. The van der Waals surface area contributed by atoms with E-state index >= 15 is 0 Å². The Balaban J connectivity index is 1.77. The Morgan fingerprint density at radius 1 is 1.37 bits per heavy atom.